The number of aromatic nitrogens is 1. The predicted molar refractivity (Wildman–Crippen MR) is 114 cm³/mol. The van der Waals surface area contributed by atoms with Gasteiger partial charge in [-0.05, 0) is 43.0 Å². The van der Waals surface area contributed by atoms with Crippen LogP contribution < -0.4 is 5.32 Å². The second kappa shape index (κ2) is 8.52. The van der Waals surface area contributed by atoms with Gasteiger partial charge in [-0.3, -0.25) is 4.79 Å². The molecule has 0 fully saturated rings. The van der Waals surface area contributed by atoms with Crippen LogP contribution in [-0.4, -0.2) is 44.8 Å². The summed E-state index contributed by atoms with van der Waals surface area (Å²) in [4.78, 5) is 15.8. The zero-order chi connectivity index (χ0) is 21.3. The average molecular weight is 457 g/mol. The summed E-state index contributed by atoms with van der Waals surface area (Å²) >= 11 is 12.2. The molecule has 1 amide bonds. The molecular weight excluding hydrogens is 435 g/mol. The first-order chi connectivity index (χ1) is 13.6. The summed E-state index contributed by atoms with van der Waals surface area (Å²) in [5.41, 5.74) is 2.65. The van der Waals surface area contributed by atoms with Crippen LogP contribution in [0.15, 0.2) is 35.2 Å². The fraction of sp³-hybridized carbons (Fsp3) is 0.350. The number of H-pyrrole nitrogens is 1. The van der Waals surface area contributed by atoms with E-state index in [1.807, 2.05) is 12.1 Å². The Balaban J connectivity index is 1.81. The molecule has 1 aromatic carbocycles. The van der Waals surface area contributed by atoms with Crippen molar-refractivity contribution in [3.05, 3.63) is 57.3 Å². The number of aromatic amines is 1. The first kappa shape index (κ1) is 21.9. The van der Waals surface area contributed by atoms with Crippen LogP contribution in [-0.2, 0) is 14.6 Å². The quantitative estimate of drug-likeness (QED) is 0.710. The largest absolute Gasteiger partial charge is 0.375 e. The smallest absolute Gasteiger partial charge is 0.269 e. The zero-order valence-electron chi connectivity index (χ0n) is 16.3. The topological polar surface area (TPSA) is 88.3 Å². The minimum Gasteiger partial charge on any atom is -0.375 e. The number of sulfone groups is 1. The van der Waals surface area contributed by atoms with Crippen molar-refractivity contribution in [1.82, 2.24) is 10.3 Å². The van der Waals surface area contributed by atoms with Gasteiger partial charge >= 0.3 is 0 Å². The molecule has 0 aliphatic heterocycles. The number of amides is 1. The Bertz CT molecular complexity index is 1080. The molecule has 0 spiro atoms. The molecule has 1 aromatic heterocycles. The van der Waals surface area contributed by atoms with E-state index in [0.717, 1.165) is 11.1 Å². The van der Waals surface area contributed by atoms with Crippen molar-refractivity contribution in [1.29, 1.82) is 0 Å². The maximum atomic E-state index is 12.6. The van der Waals surface area contributed by atoms with E-state index < -0.39 is 9.84 Å². The van der Waals surface area contributed by atoms with E-state index >= 15 is 0 Å². The lowest BCUT2D eigenvalue weighted by Gasteiger charge is -2.30. The number of carbonyl (C=O) groups excluding carboxylic acids is 1. The van der Waals surface area contributed by atoms with Crippen molar-refractivity contribution in [2.45, 2.75) is 36.8 Å². The van der Waals surface area contributed by atoms with Crippen molar-refractivity contribution in [2.24, 2.45) is 0 Å². The standard InChI is InChI=1S/C20H22Cl2N2O4S/c1-11-17(21)18(22)19(23-11)20(25)24-15-8-7-13(10-16(15)28-2)12-5-4-6-14(9-12)29(3,26)27/h4-6,9-10,15-16,23H,7-8H2,1-3H3,(H,24,25)/t15-,16-/m1/s1. The molecule has 9 heteroatoms. The fourth-order valence-corrected chi connectivity index (χ4v) is 4.48. The molecule has 0 bridgehead atoms. The molecule has 2 aromatic rings. The lowest BCUT2D eigenvalue weighted by Crippen LogP contribution is -2.45. The van der Waals surface area contributed by atoms with Gasteiger partial charge in [0, 0.05) is 19.1 Å². The van der Waals surface area contributed by atoms with Gasteiger partial charge in [0.15, 0.2) is 9.84 Å². The van der Waals surface area contributed by atoms with E-state index in [-0.39, 0.29) is 33.7 Å². The van der Waals surface area contributed by atoms with Crippen LogP contribution >= 0.6 is 23.2 Å². The van der Waals surface area contributed by atoms with Crippen LogP contribution in [0.3, 0.4) is 0 Å². The average Bonchev–Trinajstić information content (AvgIpc) is 2.95. The number of ether oxygens (including phenoxy) is 1. The Hall–Kier alpha value is -1.80. The molecule has 0 saturated heterocycles. The van der Waals surface area contributed by atoms with Gasteiger partial charge in [0.2, 0.25) is 0 Å². The Morgan fingerprint density at radius 2 is 2.00 bits per heavy atom. The highest BCUT2D eigenvalue weighted by Crippen LogP contribution is 2.31. The molecular formula is C20H22Cl2N2O4S. The maximum absolute atomic E-state index is 12.6. The number of halogens is 2. The molecule has 6 nitrogen and oxygen atoms in total. The first-order valence-corrected chi connectivity index (χ1v) is 11.6. The van der Waals surface area contributed by atoms with Gasteiger partial charge in [-0.2, -0.15) is 0 Å². The summed E-state index contributed by atoms with van der Waals surface area (Å²) in [7, 11) is -1.72. The monoisotopic (exact) mass is 456 g/mol. The second-order valence-electron chi connectivity index (χ2n) is 7.06. The fourth-order valence-electron chi connectivity index (χ4n) is 3.40. The highest BCUT2D eigenvalue weighted by Gasteiger charge is 2.29. The molecule has 1 aliphatic carbocycles. The van der Waals surface area contributed by atoms with Gasteiger partial charge in [0.05, 0.1) is 27.1 Å². The third-order valence-corrected chi connectivity index (χ3v) is 7.05. The Labute approximate surface area is 180 Å². The van der Waals surface area contributed by atoms with Gasteiger partial charge in [-0.15, -0.1) is 0 Å². The number of hydrogen-bond acceptors (Lipinski definition) is 4. The van der Waals surface area contributed by atoms with Crippen molar-refractivity contribution in [3.8, 4) is 0 Å². The molecule has 0 unspecified atom stereocenters. The number of aryl methyl sites for hydroxylation is 1. The minimum atomic E-state index is -3.29. The van der Waals surface area contributed by atoms with Gasteiger partial charge in [-0.1, -0.05) is 41.4 Å². The molecule has 29 heavy (non-hydrogen) atoms. The third-order valence-electron chi connectivity index (χ3n) is 4.99. The van der Waals surface area contributed by atoms with Crippen LogP contribution in [0.2, 0.25) is 10.0 Å². The summed E-state index contributed by atoms with van der Waals surface area (Å²) in [6.07, 6.45) is 4.03. The number of nitrogens with one attached hydrogen (secondary N) is 2. The number of hydrogen-bond donors (Lipinski definition) is 2. The second-order valence-corrected chi connectivity index (χ2v) is 9.84. The molecule has 0 radical (unpaired) electrons. The van der Waals surface area contributed by atoms with Gasteiger partial charge in [-0.25, -0.2) is 8.42 Å². The minimum absolute atomic E-state index is 0.195. The molecule has 2 atom stereocenters. The molecule has 156 valence electrons. The number of methoxy groups -OCH3 is 1. The molecule has 2 N–H and O–H groups in total. The van der Waals surface area contributed by atoms with Gasteiger partial charge in [0.1, 0.15) is 5.69 Å². The first-order valence-electron chi connectivity index (χ1n) is 9.00. The zero-order valence-corrected chi connectivity index (χ0v) is 18.6. The van der Waals surface area contributed by atoms with E-state index in [2.05, 4.69) is 10.3 Å². The van der Waals surface area contributed by atoms with Crippen LogP contribution in [0.5, 0.6) is 0 Å². The third kappa shape index (κ3) is 4.69. The predicted octanol–water partition coefficient (Wildman–Crippen LogP) is 4.02. The van der Waals surface area contributed by atoms with Crippen molar-refractivity contribution >= 4 is 44.5 Å². The molecule has 1 heterocycles. The van der Waals surface area contributed by atoms with Crippen LogP contribution in [0.25, 0.3) is 5.57 Å². The van der Waals surface area contributed by atoms with Crippen molar-refractivity contribution < 1.29 is 17.9 Å². The van der Waals surface area contributed by atoms with Crippen LogP contribution in [0.4, 0.5) is 0 Å². The number of rotatable bonds is 5. The summed E-state index contributed by atoms with van der Waals surface area (Å²) in [6, 6.07) is 6.58. The Morgan fingerprint density at radius 3 is 2.59 bits per heavy atom. The Morgan fingerprint density at radius 1 is 1.28 bits per heavy atom. The summed E-state index contributed by atoms with van der Waals surface area (Å²) in [5.74, 6) is -0.354. The van der Waals surface area contributed by atoms with E-state index in [1.165, 1.54) is 6.26 Å². The van der Waals surface area contributed by atoms with E-state index in [0.29, 0.717) is 23.6 Å². The summed E-state index contributed by atoms with van der Waals surface area (Å²) < 4.78 is 29.2. The molecule has 0 saturated carbocycles. The highest BCUT2D eigenvalue weighted by atomic mass is 35.5. The lowest BCUT2D eigenvalue weighted by atomic mass is 9.88. The number of benzene rings is 1. The highest BCUT2D eigenvalue weighted by molar-refractivity contribution is 7.90. The van der Waals surface area contributed by atoms with E-state index in [4.69, 9.17) is 27.9 Å². The van der Waals surface area contributed by atoms with Gasteiger partial charge in [0.25, 0.3) is 5.91 Å². The summed E-state index contributed by atoms with van der Waals surface area (Å²) in [6.45, 7) is 1.74. The number of allylic oxidation sites excluding steroid dienone is 1. The van der Waals surface area contributed by atoms with Crippen LogP contribution in [0.1, 0.15) is 34.6 Å². The normalized spacial score (nSPS) is 19.7. The molecule has 3 rings (SSSR count). The number of carbonyl (C=O) groups is 1. The Kier molecular flexibility index (Phi) is 6.43. The lowest BCUT2D eigenvalue weighted by molar-refractivity contribution is 0.0768. The van der Waals surface area contributed by atoms with Crippen LogP contribution in [0, 0.1) is 6.92 Å². The van der Waals surface area contributed by atoms with E-state index in [1.54, 1.807) is 32.2 Å². The SMILES string of the molecule is CO[C@@H]1C=C(c2cccc(S(C)(=O)=O)c2)CC[C@H]1NC(=O)c1[nH]c(C)c(Cl)c1Cl. The van der Waals surface area contributed by atoms with Crippen molar-refractivity contribution in [2.75, 3.05) is 13.4 Å². The summed E-state index contributed by atoms with van der Waals surface area (Å²) in [5, 5.41) is 3.47. The maximum Gasteiger partial charge on any atom is 0.269 e. The molecule has 1 aliphatic rings. The van der Waals surface area contributed by atoms with E-state index in [9.17, 15) is 13.2 Å². The van der Waals surface area contributed by atoms with Gasteiger partial charge < -0.3 is 15.0 Å². The van der Waals surface area contributed by atoms with Crippen molar-refractivity contribution in [3.63, 3.8) is 0 Å².